The summed E-state index contributed by atoms with van der Waals surface area (Å²) in [5, 5.41) is 25.5. The summed E-state index contributed by atoms with van der Waals surface area (Å²) in [6, 6.07) is 16.7. The van der Waals surface area contributed by atoms with E-state index in [1.54, 1.807) is 79.7 Å². The number of unbranched alkanes of at least 4 members (excludes halogenated alkanes) is 8. The van der Waals surface area contributed by atoms with E-state index in [0.29, 0.717) is 11.1 Å². The van der Waals surface area contributed by atoms with E-state index in [1.807, 2.05) is 20.8 Å². The first-order valence-corrected chi connectivity index (χ1v) is 20.3. The maximum absolute atomic E-state index is 15.3. The van der Waals surface area contributed by atoms with Crippen LogP contribution in [-0.2, 0) is 23.8 Å². The molecule has 2 fully saturated rings. The van der Waals surface area contributed by atoms with E-state index in [-0.39, 0.29) is 35.7 Å². The predicted octanol–water partition coefficient (Wildman–Crippen LogP) is 8.13. The van der Waals surface area contributed by atoms with E-state index in [4.69, 9.17) is 14.2 Å². The van der Waals surface area contributed by atoms with Gasteiger partial charge < -0.3 is 24.4 Å². The standard InChI is InChI=1S/C46H58O9/c1-6-7-8-9-10-11-12-13-20-25-36(47)55-45-28-31(3)44-27-30(2)40(54-42(51)33-23-18-15-19-24-33)46(44,52)38(48)34(26-35(39(44)49)37(45)43(45,4)5)29-53-41(50)32-21-16-14-17-22-32/h14-19,21-24,26-27,31,35,37-38,40,48,52H,6-13,20,25,28-29H2,1-5H3/t31-,35+,37-,38-,40+,44+,45+,46+/m1/s1. The zero-order valence-electron chi connectivity index (χ0n) is 33.1. The molecule has 2 N–H and O–H groups in total. The summed E-state index contributed by atoms with van der Waals surface area (Å²) in [7, 11) is 0. The molecule has 2 aromatic rings. The van der Waals surface area contributed by atoms with Gasteiger partial charge in [0.25, 0.3) is 0 Å². The van der Waals surface area contributed by atoms with Crippen LogP contribution in [0.4, 0.5) is 0 Å². The molecule has 0 aromatic heterocycles. The zero-order valence-corrected chi connectivity index (χ0v) is 33.1. The number of carbonyl (C=O) groups is 4. The minimum atomic E-state index is -2.37. The maximum Gasteiger partial charge on any atom is 0.338 e. The molecule has 9 heteroatoms. The van der Waals surface area contributed by atoms with Gasteiger partial charge in [-0.15, -0.1) is 0 Å². The van der Waals surface area contributed by atoms with Crippen LogP contribution in [0, 0.1) is 28.6 Å². The highest BCUT2D eigenvalue weighted by molar-refractivity contribution is 5.96. The number of rotatable bonds is 16. The van der Waals surface area contributed by atoms with Gasteiger partial charge >= 0.3 is 17.9 Å². The van der Waals surface area contributed by atoms with Crippen molar-refractivity contribution in [1.29, 1.82) is 0 Å². The third kappa shape index (κ3) is 7.12. The van der Waals surface area contributed by atoms with Crippen molar-refractivity contribution in [3.8, 4) is 0 Å². The molecule has 2 bridgehead atoms. The van der Waals surface area contributed by atoms with Gasteiger partial charge in [0.2, 0.25) is 0 Å². The van der Waals surface area contributed by atoms with E-state index in [1.165, 1.54) is 32.1 Å². The van der Waals surface area contributed by atoms with Crippen molar-refractivity contribution in [2.45, 2.75) is 129 Å². The molecule has 8 atom stereocenters. The lowest BCUT2D eigenvalue weighted by molar-refractivity contribution is -0.192. The van der Waals surface area contributed by atoms with Crippen molar-refractivity contribution in [3.63, 3.8) is 0 Å². The molecule has 4 aliphatic carbocycles. The number of Topliss-reactive ketones (excluding diaryl/α,β-unsaturated/α-hetero) is 1. The van der Waals surface area contributed by atoms with Gasteiger partial charge in [0.1, 0.15) is 18.3 Å². The van der Waals surface area contributed by atoms with Crippen LogP contribution >= 0.6 is 0 Å². The minimum Gasteiger partial charge on any atom is -0.458 e. The Kier molecular flexibility index (Phi) is 11.9. The van der Waals surface area contributed by atoms with Crippen molar-refractivity contribution < 1.29 is 43.6 Å². The Bertz CT molecular complexity index is 1800. The van der Waals surface area contributed by atoms with Crippen molar-refractivity contribution >= 4 is 23.7 Å². The summed E-state index contributed by atoms with van der Waals surface area (Å²) < 4.78 is 18.3. The van der Waals surface area contributed by atoms with Gasteiger partial charge in [-0.25, -0.2) is 9.59 Å². The normalized spacial score (nSPS) is 31.5. The van der Waals surface area contributed by atoms with Crippen molar-refractivity contribution in [3.05, 3.63) is 95.1 Å². The second-order valence-corrected chi connectivity index (χ2v) is 17.0. The molecule has 2 saturated carbocycles. The Balaban J connectivity index is 1.31. The summed E-state index contributed by atoms with van der Waals surface area (Å²) >= 11 is 0. The van der Waals surface area contributed by atoms with Crippen molar-refractivity contribution in [1.82, 2.24) is 0 Å². The molecule has 6 rings (SSSR count). The summed E-state index contributed by atoms with van der Waals surface area (Å²) in [6.45, 7) is 9.30. The second kappa shape index (κ2) is 16.2. The van der Waals surface area contributed by atoms with E-state index in [0.717, 1.165) is 25.7 Å². The van der Waals surface area contributed by atoms with Gasteiger partial charge in [-0.2, -0.15) is 0 Å². The first-order chi connectivity index (χ1) is 26.3. The Morgan fingerprint density at radius 2 is 1.40 bits per heavy atom. The lowest BCUT2D eigenvalue weighted by Gasteiger charge is -2.49. The van der Waals surface area contributed by atoms with Crippen LogP contribution in [0.3, 0.4) is 0 Å². The Morgan fingerprint density at radius 1 is 0.836 bits per heavy atom. The van der Waals surface area contributed by atoms with Crippen LogP contribution in [0.1, 0.15) is 126 Å². The predicted molar refractivity (Wildman–Crippen MR) is 208 cm³/mol. The summed E-state index contributed by atoms with van der Waals surface area (Å²) in [6.07, 6.45) is 10.7. The van der Waals surface area contributed by atoms with E-state index in [9.17, 15) is 24.6 Å². The largest absolute Gasteiger partial charge is 0.458 e. The fourth-order valence-corrected chi connectivity index (χ4v) is 10.3. The van der Waals surface area contributed by atoms with Gasteiger partial charge in [-0.05, 0) is 61.1 Å². The van der Waals surface area contributed by atoms with Crippen LogP contribution in [-0.4, -0.2) is 63.9 Å². The molecule has 0 aliphatic heterocycles. The van der Waals surface area contributed by atoms with Gasteiger partial charge in [0, 0.05) is 23.7 Å². The van der Waals surface area contributed by atoms with Crippen molar-refractivity contribution in [2.75, 3.05) is 6.61 Å². The van der Waals surface area contributed by atoms with Crippen molar-refractivity contribution in [2.24, 2.45) is 28.6 Å². The topological polar surface area (TPSA) is 136 Å². The number of aliphatic hydroxyl groups excluding tert-OH is 1. The average molecular weight is 755 g/mol. The molecule has 0 heterocycles. The molecule has 4 aliphatic rings. The molecule has 296 valence electrons. The molecule has 0 radical (unpaired) electrons. The summed E-state index contributed by atoms with van der Waals surface area (Å²) in [5.74, 6) is -4.08. The SMILES string of the molecule is CCCCCCCCCCCC(=O)O[C@@]12C[C@@H](C)[C@]34C=C(C)[C@H](OC(=O)c5ccccc5)[C@@]3(O)[C@H](O)C(COC(=O)c3ccccc3)=C[C@H](C4=O)[C@@H]1C2(C)C. The van der Waals surface area contributed by atoms with Crippen LogP contribution in [0.2, 0.25) is 0 Å². The highest BCUT2D eigenvalue weighted by Crippen LogP contribution is 2.75. The van der Waals surface area contributed by atoms with E-state index < -0.39 is 70.5 Å². The van der Waals surface area contributed by atoms with Gasteiger partial charge in [0.05, 0.1) is 16.5 Å². The molecule has 0 amide bonds. The molecule has 9 nitrogen and oxygen atoms in total. The van der Waals surface area contributed by atoms with E-state index in [2.05, 4.69) is 6.92 Å². The summed E-state index contributed by atoms with van der Waals surface area (Å²) in [5.41, 5.74) is -4.68. The summed E-state index contributed by atoms with van der Waals surface area (Å²) in [4.78, 5) is 55.7. The smallest absolute Gasteiger partial charge is 0.338 e. The number of allylic oxidation sites excluding steroid dienone is 1. The van der Waals surface area contributed by atoms with Crippen LogP contribution in [0.5, 0.6) is 0 Å². The van der Waals surface area contributed by atoms with Gasteiger partial charge in [-0.1, -0.05) is 128 Å². The lowest BCUT2D eigenvalue weighted by atomic mass is 9.59. The number of ether oxygens (including phenoxy) is 3. The fourth-order valence-electron chi connectivity index (χ4n) is 10.3. The van der Waals surface area contributed by atoms with Crippen LogP contribution in [0.25, 0.3) is 0 Å². The average Bonchev–Trinajstić information content (AvgIpc) is 3.57. The third-order valence-corrected chi connectivity index (χ3v) is 13.2. The van der Waals surface area contributed by atoms with Gasteiger partial charge in [0.15, 0.2) is 17.5 Å². The molecule has 1 spiro atoms. The number of hydrogen-bond acceptors (Lipinski definition) is 9. The molecule has 2 aromatic carbocycles. The highest BCUT2D eigenvalue weighted by atomic mass is 16.6. The lowest BCUT2D eigenvalue weighted by Crippen LogP contribution is -2.66. The number of carbonyl (C=O) groups excluding carboxylic acids is 4. The number of aliphatic hydroxyl groups is 2. The Hall–Kier alpha value is -4.08. The minimum absolute atomic E-state index is 0.114. The molecule has 55 heavy (non-hydrogen) atoms. The van der Waals surface area contributed by atoms with Gasteiger partial charge in [-0.3, -0.25) is 9.59 Å². The van der Waals surface area contributed by atoms with E-state index >= 15 is 4.79 Å². The maximum atomic E-state index is 15.3. The zero-order chi connectivity index (χ0) is 39.6. The number of ketones is 1. The highest BCUT2D eigenvalue weighted by Gasteiger charge is 2.83. The number of benzene rings is 2. The monoisotopic (exact) mass is 754 g/mol. The first-order valence-electron chi connectivity index (χ1n) is 20.3. The van der Waals surface area contributed by atoms with Crippen LogP contribution < -0.4 is 0 Å². The number of esters is 3. The molecular weight excluding hydrogens is 696 g/mol. The molecule has 0 saturated heterocycles. The Labute approximate surface area is 325 Å². The van der Waals surface area contributed by atoms with Crippen LogP contribution in [0.15, 0.2) is 84.0 Å². The molecule has 0 unspecified atom stereocenters. The number of hydrogen-bond donors (Lipinski definition) is 2. The first kappa shape index (κ1) is 40.6. The number of fused-ring (bicyclic) bond motifs is 3. The Morgan fingerprint density at radius 3 is 2.00 bits per heavy atom. The third-order valence-electron chi connectivity index (χ3n) is 13.2. The molecular formula is C46H58O9. The quantitative estimate of drug-likeness (QED) is 0.0754. The fraction of sp³-hybridized carbons (Fsp3) is 0.565. The second-order valence-electron chi connectivity index (χ2n) is 17.0.